The van der Waals surface area contributed by atoms with Gasteiger partial charge in [-0.1, -0.05) is 53.7 Å². The third-order valence-electron chi connectivity index (χ3n) is 5.32. The molecule has 6 nitrogen and oxygen atoms in total. The summed E-state index contributed by atoms with van der Waals surface area (Å²) < 4.78 is 32.1. The number of aromatic nitrogens is 2. The normalized spacial score (nSPS) is 12.9. The van der Waals surface area contributed by atoms with Gasteiger partial charge in [-0.3, -0.25) is 4.79 Å². The molecule has 1 aliphatic heterocycles. The highest BCUT2D eigenvalue weighted by Gasteiger charge is 2.19. The first kappa shape index (κ1) is 22.7. The molecule has 2 heterocycles. The molecular formula is C25H20ClFN2O4S. The van der Waals surface area contributed by atoms with Crippen LogP contribution in [0.15, 0.2) is 65.8 Å². The lowest BCUT2D eigenvalue weighted by Gasteiger charge is -2.20. The average Bonchev–Trinajstić information content (AvgIpc) is 3.17. The molecule has 5 rings (SSSR count). The molecule has 3 aromatic carbocycles. The third kappa shape index (κ3) is 5.04. The van der Waals surface area contributed by atoms with Crippen molar-refractivity contribution in [1.29, 1.82) is 0 Å². The van der Waals surface area contributed by atoms with Crippen LogP contribution in [0, 0.1) is 5.82 Å². The van der Waals surface area contributed by atoms with E-state index in [-0.39, 0.29) is 25.8 Å². The zero-order valence-electron chi connectivity index (χ0n) is 18.0. The molecule has 0 fully saturated rings. The van der Waals surface area contributed by atoms with Gasteiger partial charge in [0, 0.05) is 16.1 Å². The number of carbonyl (C=O) groups excluding carboxylic acids is 1. The summed E-state index contributed by atoms with van der Waals surface area (Å²) in [4.78, 5) is 17.2. The summed E-state index contributed by atoms with van der Waals surface area (Å²) in [6.45, 7) is 0.851. The topological polar surface area (TPSA) is 62.6 Å². The van der Waals surface area contributed by atoms with Gasteiger partial charge in [0.2, 0.25) is 0 Å². The molecule has 0 spiro atoms. The zero-order valence-corrected chi connectivity index (χ0v) is 19.6. The molecule has 0 atom stereocenters. The lowest BCUT2D eigenvalue weighted by atomic mass is 10.1. The fourth-order valence-electron chi connectivity index (χ4n) is 3.80. The summed E-state index contributed by atoms with van der Waals surface area (Å²) in [5.74, 6) is -0.310. The van der Waals surface area contributed by atoms with Crippen molar-refractivity contribution in [2.24, 2.45) is 0 Å². The van der Waals surface area contributed by atoms with Gasteiger partial charge >= 0.3 is 5.97 Å². The summed E-state index contributed by atoms with van der Waals surface area (Å²) in [6.07, 6.45) is 0. The molecule has 9 heteroatoms. The van der Waals surface area contributed by atoms with Crippen LogP contribution in [0.25, 0.3) is 11.0 Å². The number of hydrogen-bond acceptors (Lipinski definition) is 6. The summed E-state index contributed by atoms with van der Waals surface area (Å²) in [5.41, 5.74) is 3.86. The van der Waals surface area contributed by atoms with E-state index in [2.05, 4.69) is 9.55 Å². The van der Waals surface area contributed by atoms with E-state index in [1.165, 1.54) is 23.9 Å². The van der Waals surface area contributed by atoms with Gasteiger partial charge in [0.1, 0.15) is 18.2 Å². The zero-order chi connectivity index (χ0) is 23.5. The second kappa shape index (κ2) is 10.0. The summed E-state index contributed by atoms with van der Waals surface area (Å²) in [5, 5.41) is 1.28. The molecule has 0 aliphatic carbocycles. The van der Waals surface area contributed by atoms with Gasteiger partial charge in [-0.15, -0.1) is 0 Å². The highest BCUT2D eigenvalue weighted by Crippen LogP contribution is 2.31. The molecule has 0 amide bonds. The Balaban J connectivity index is 1.30. The second-order valence-corrected chi connectivity index (χ2v) is 9.09. The molecule has 0 saturated carbocycles. The summed E-state index contributed by atoms with van der Waals surface area (Å²) in [7, 11) is 0. The standard InChI is InChI=1S/C25H20ClFN2O4S/c26-19-6-7-22-21(10-19)28-25(29(22)11-16-4-2-1-3-5-16)34-14-23(30)32-13-18-9-20(27)8-17-12-31-15-33-24(17)18/h1-10H,11-15H2. The minimum atomic E-state index is -0.438. The Labute approximate surface area is 204 Å². The van der Waals surface area contributed by atoms with E-state index < -0.39 is 11.8 Å². The molecule has 1 aromatic heterocycles. The molecule has 0 unspecified atom stereocenters. The number of thioether (sulfide) groups is 1. The maximum absolute atomic E-state index is 13.9. The quantitative estimate of drug-likeness (QED) is 0.245. The van der Waals surface area contributed by atoms with Crippen LogP contribution in [0.2, 0.25) is 5.02 Å². The van der Waals surface area contributed by atoms with Gasteiger partial charge in [0.05, 0.1) is 29.9 Å². The minimum Gasteiger partial charge on any atom is -0.467 e. The van der Waals surface area contributed by atoms with Crippen LogP contribution in [0.3, 0.4) is 0 Å². The van der Waals surface area contributed by atoms with Crippen LogP contribution in [0.1, 0.15) is 16.7 Å². The second-order valence-electron chi connectivity index (χ2n) is 7.71. The Morgan fingerprint density at radius 1 is 1.18 bits per heavy atom. The van der Waals surface area contributed by atoms with Crippen molar-refractivity contribution in [3.8, 4) is 5.75 Å². The van der Waals surface area contributed by atoms with Crippen LogP contribution in [0.5, 0.6) is 5.75 Å². The predicted octanol–water partition coefficient (Wildman–Crippen LogP) is 5.58. The van der Waals surface area contributed by atoms with Crippen molar-refractivity contribution >= 4 is 40.4 Å². The molecule has 0 N–H and O–H groups in total. The summed E-state index contributed by atoms with van der Waals surface area (Å²) >= 11 is 7.44. The predicted molar refractivity (Wildman–Crippen MR) is 127 cm³/mol. The Hall–Kier alpha value is -3.07. The minimum absolute atomic E-state index is 0.0489. The van der Waals surface area contributed by atoms with Crippen molar-refractivity contribution < 1.29 is 23.4 Å². The van der Waals surface area contributed by atoms with Gasteiger partial charge in [-0.2, -0.15) is 0 Å². The number of benzene rings is 3. The molecule has 0 bridgehead atoms. The molecule has 174 valence electrons. The summed E-state index contributed by atoms with van der Waals surface area (Å²) in [6, 6.07) is 18.2. The number of nitrogens with zero attached hydrogens (tertiary/aromatic N) is 2. The number of hydrogen-bond donors (Lipinski definition) is 0. The number of rotatable bonds is 7. The van der Waals surface area contributed by atoms with Gasteiger partial charge in [0.25, 0.3) is 0 Å². The number of esters is 1. The first-order chi connectivity index (χ1) is 16.6. The van der Waals surface area contributed by atoms with Crippen LogP contribution >= 0.6 is 23.4 Å². The van der Waals surface area contributed by atoms with Gasteiger partial charge in [0.15, 0.2) is 11.9 Å². The monoisotopic (exact) mass is 498 g/mol. The molecule has 34 heavy (non-hydrogen) atoms. The van der Waals surface area contributed by atoms with Crippen LogP contribution in [-0.4, -0.2) is 28.1 Å². The fourth-order valence-corrected chi connectivity index (χ4v) is 4.78. The van der Waals surface area contributed by atoms with E-state index in [1.54, 1.807) is 6.07 Å². The fraction of sp³-hybridized carbons (Fsp3) is 0.200. The molecule has 4 aromatic rings. The van der Waals surface area contributed by atoms with Crippen molar-refractivity contribution in [3.63, 3.8) is 0 Å². The van der Waals surface area contributed by atoms with Gasteiger partial charge < -0.3 is 18.8 Å². The Morgan fingerprint density at radius 2 is 2.03 bits per heavy atom. The lowest BCUT2D eigenvalue weighted by Crippen LogP contribution is -2.15. The van der Waals surface area contributed by atoms with E-state index in [0.29, 0.717) is 33.6 Å². The van der Waals surface area contributed by atoms with Crippen LogP contribution in [0.4, 0.5) is 4.39 Å². The smallest absolute Gasteiger partial charge is 0.316 e. The average molecular weight is 499 g/mol. The van der Waals surface area contributed by atoms with E-state index in [1.807, 2.05) is 42.5 Å². The molecule has 1 aliphatic rings. The number of carbonyl (C=O) groups is 1. The third-order valence-corrected chi connectivity index (χ3v) is 6.50. The molecule has 0 radical (unpaired) electrons. The Bertz CT molecular complexity index is 1350. The lowest BCUT2D eigenvalue weighted by molar-refractivity contribution is -0.141. The van der Waals surface area contributed by atoms with Crippen LogP contribution in [-0.2, 0) is 34.0 Å². The van der Waals surface area contributed by atoms with Crippen LogP contribution < -0.4 is 4.74 Å². The van der Waals surface area contributed by atoms with Gasteiger partial charge in [-0.25, -0.2) is 9.37 Å². The van der Waals surface area contributed by atoms with E-state index in [0.717, 1.165) is 16.6 Å². The number of halogens is 2. The Morgan fingerprint density at radius 3 is 2.88 bits per heavy atom. The SMILES string of the molecule is O=C(CSc1nc2cc(Cl)ccc2n1Cc1ccccc1)OCc1cc(F)cc2c1OCOC2. The largest absolute Gasteiger partial charge is 0.467 e. The Kier molecular flexibility index (Phi) is 6.71. The molecule has 0 saturated heterocycles. The van der Waals surface area contributed by atoms with Crippen molar-refractivity contribution in [2.75, 3.05) is 12.5 Å². The highest BCUT2D eigenvalue weighted by atomic mass is 35.5. The number of ether oxygens (including phenoxy) is 3. The van der Waals surface area contributed by atoms with Gasteiger partial charge in [-0.05, 0) is 35.9 Å². The van der Waals surface area contributed by atoms with Crippen molar-refractivity contribution in [3.05, 3.63) is 88.2 Å². The number of fused-ring (bicyclic) bond motifs is 2. The first-order valence-electron chi connectivity index (χ1n) is 10.6. The maximum Gasteiger partial charge on any atom is 0.316 e. The molecular weight excluding hydrogens is 479 g/mol. The van der Waals surface area contributed by atoms with Crippen molar-refractivity contribution in [1.82, 2.24) is 9.55 Å². The number of imidazole rings is 1. The van der Waals surface area contributed by atoms with Crippen molar-refractivity contribution in [2.45, 2.75) is 24.9 Å². The maximum atomic E-state index is 13.9. The van der Waals surface area contributed by atoms with E-state index in [4.69, 9.17) is 25.8 Å². The highest BCUT2D eigenvalue weighted by molar-refractivity contribution is 7.99. The first-order valence-corrected chi connectivity index (χ1v) is 11.9. The van der Waals surface area contributed by atoms with E-state index in [9.17, 15) is 9.18 Å². The van der Waals surface area contributed by atoms with E-state index >= 15 is 0 Å².